The second-order valence-corrected chi connectivity index (χ2v) is 4.40. The molecule has 17 heavy (non-hydrogen) atoms. The molecule has 0 atom stereocenters. The summed E-state index contributed by atoms with van der Waals surface area (Å²) in [7, 11) is 3.79. The quantitative estimate of drug-likeness (QED) is 0.488. The number of hydrazine groups is 1. The van der Waals surface area contributed by atoms with Gasteiger partial charge in [0.05, 0.1) is 0 Å². The van der Waals surface area contributed by atoms with E-state index in [2.05, 4.69) is 36.3 Å². The second-order valence-electron chi connectivity index (χ2n) is 4.01. The minimum absolute atomic E-state index is 0.500. The third-order valence-electron chi connectivity index (χ3n) is 2.44. The first-order valence-electron chi connectivity index (χ1n) is 5.65. The number of thiocarbonyl (C=S) groups is 1. The molecule has 0 fully saturated rings. The van der Waals surface area contributed by atoms with Crippen LogP contribution >= 0.6 is 12.2 Å². The Labute approximate surface area is 108 Å². The van der Waals surface area contributed by atoms with Crippen molar-refractivity contribution in [3.05, 3.63) is 24.3 Å². The highest BCUT2D eigenvalue weighted by atomic mass is 32.1. The molecule has 1 rings (SSSR count). The number of nitrogens with one attached hydrogen (secondary N) is 1. The van der Waals surface area contributed by atoms with Gasteiger partial charge in [0.1, 0.15) is 0 Å². The number of rotatable bonds is 4. The molecule has 0 aliphatic carbocycles. The van der Waals surface area contributed by atoms with E-state index in [4.69, 9.17) is 18.1 Å². The standard InChI is InChI=1S/C12H20N4S/c1-4-9-15(2)11-7-5-10(6-8-11)14-12(17)16(3)13/h5-8H,4,9,13H2,1-3H3,(H,14,17). The first-order valence-corrected chi connectivity index (χ1v) is 6.06. The van der Waals surface area contributed by atoms with Crippen LogP contribution in [0.15, 0.2) is 24.3 Å². The van der Waals surface area contributed by atoms with Gasteiger partial charge in [-0.2, -0.15) is 0 Å². The van der Waals surface area contributed by atoms with Crippen molar-refractivity contribution in [1.82, 2.24) is 5.01 Å². The average molecular weight is 252 g/mol. The number of benzene rings is 1. The van der Waals surface area contributed by atoms with Gasteiger partial charge in [-0.15, -0.1) is 0 Å². The average Bonchev–Trinajstić information content (AvgIpc) is 2.30. The zero-order valence-corrected chi connectivity index (χ0v) is 11.4. The Balaban J connectivity index is 2.65. The van der Waals surface area contributed by atoms with Gasteiger partial charge in [0.15, 0.2) is 5.11 Å². The van der Waals surface area contributed by atoms with Crippen LogP contribution in [0, 0.1) is 0 Å². The van der Waals surface area contributed by atoms with E-state index in [1.165, 1.54) is 10.7 Å². The van der Waals surface area contributed by atoms with E-state index < -0.39 is 0 Å². The lowest BCUT2D eigenvalue weighted by Gasteiger charge is -2.19. The summed E-state index contributed by atoms with van der Waals surface area (Å²) in [6.07, 6.45) is 1.14. The van der Waals surface area contributed by atoms with Gasteiger partial charge in [0.2, 0.25) is 0 Å². The van der Waals surface area contributed by atoms with Crippen LogP contribution in [0.4, 0.5) is 11.4 Å². The van der Waals surface area contributed by atoms with Gasteiger partial charge in [0.25, 0.3) is 0 Å². The molecule has 0 radical (unpaired) electrons. The number of anilines is 2. The maximum atomic E-state index is 5.52. The van der Waals surface area contributed by atoms with Crippen LogP contribution in [0.2, 0.25) is 0 Å². The highest BCUT2D eigenvalue weighted by Gasteiger charge is 2.02. The van der Waals surface area contributed by atoms with Crippen LogP contribution in [0.25, 0.3) is 0 Å². The highest BCUT2D eigenvalue weighted by Crippen LogP contribution is 2.17. The Morgan fingerprint density at radius 3 is 2.35 bits per heavy atom. The maximum Gasteiger partial charge on any atom is 0.187 e. The minimum Gasteiger partial charge on any atom is -0.375 e. The normalized spacial score (nSPS) is 9.88. The molecular weight excluding hydrogens is 232 g/mol. The fourth-order valence-corrected chi connectivity index (χ4v) is 1.59. The van der Waals surface area contributed by atoms with Crippen LogP contribution in [0.1, 0.15) is 13.3 Å². The highest BCUT2D eigenvalue weighted by molar-refractivity contribution is 7.80. The third kappa shape index (κ3) is 4.20. The molecule has 4 nitrogen and oxygen atoms in total. The van der Waals surface area contributed by atoms with Crippen LogP contribution in [0.3, 0.4) is 0 Å². The van der Waals surface area contributed by atoms with Gasteiger partial charge >= 0.3 is 0 Å². The summed E-state index contributed by atoms with van der Waals surface area (Å²) in [6, 6.07) is 8.13. The Morgan fingerprint density at radius 2 is 1.88 bits per heavy atom. The van der Waals surface area contributed by atoms with E-state index in [0.717, 1.165) is 18.7 Å². The first kappa shape index (κ1) is 13.7. The summed E-state index contributed by atoms with van der Waals surface area (Å²) in [4.78, 5) is 2.22. The lowest BCUT2D eigenvalue weighted by molar-refractivity contribution is 0.548. The molecule has 5 heteroatoms. The number of hydrogen-bond acceptors (Lipinski definition) is 3. The Bertz CT molecular complexity index is 361. The lowest BCUT2D eigenvalue weighted by atomic mass is 10.2. The van der Waals surface area contributed by atoms with Crippen molar-refractivity contribution in [1.29, 1.82) is 0 Å². The molecule has 0 heterocycles. The predicted molar refractivity (Wildman–Crippen MR) is 78.2 cm³/mol. The van der Waals surface area contributed by atoms with Gasteiger partial charge in [-0.05, 0) is 42.9 Å². The van der Waals surface area contributed by atoms with Crippen molar-refractivity contribution in [3.8, 4) is 0 Å². The third-order valence-corrected chi connectivity index (χ3v) is 2.83. The molecule has 0 bridgehead atoms. The molecule has 0 saturated carbocycles. The zero-order chi connectivity index (χ0) is 12.8. The van der Waals surface area contributed by atoms with Crippen molar-refractivity contribution in [3.63, 3.8) is 0 Å². The summed E-state index contributed by atoms with van der Waals surface area (Å²) < 4.78 is 0. The fraction of sp³-hybridized carbons (Fsp3) is 0.417. The molecule has 0 unspecified atom stereocenters. The summed E-state index contributed by atoms with van der Waals surface area (Å²) in [6.45, 7) is 3.22. The Morgan fingerprint density at radius 1 is 1.29 bits per heavy atom. The molecule has 0 aliphatic heterocycles. The van der Waals surface area contributed by atoms with Crippen LogP contribution in [0.5, 0.6) is 0 Å². The molecule has 0 spiro atoms. The largest absolute Gasteiger partial charge is 0.375 e. The molecule has 0 amide bonds. The summed E-state index contributed by atoms with van der Waals surface area (Å²) in [5, 5.41) is 4.93. The molecule has 94 valence electrons. The van der Waals surface area contributed by atoms with Crippen molar-refractivity contribution < 1.29 is 0 Å². The molecule has 1 aromatic rings. The van der Waals surface area contributed by atoms with Crippen molar-refractivity contribution >= 4 is 28.7 Å². The van der Waals surface area contributed by atoms with Gasteiger partial charge in [-0.3, -0.25) is 5.01 Å². The molecule has 0 aliphatic rings. The number of nitrogens with two attached hydrogens (primary N) is 1. The van der Waals surface area contributed by atoms with Crippen molar-refractivity contribution in [2.75, 3.05) is 30.9 Å². The lowest BCUT2D eigenvalue weighted by Crippen LogP contribution is -2.36. The van der Waals surface area contributed by atoms with E-state index in [9.17, 15) is 0 Å². The topological polar surface area (TPSA) is 44.5 Å². The van der Waals surface area contributed by atoms with E-state index in [1.807, 2.05) is 12.1 Å². The van der Waals surface area contributed by atoms with Gasteiger partial charge in [-0.25, -0.2) is 5.84 Å². The Kier molecular flexibility index (Phi) is 5.18. The maximum absolute atomic E-state index is 5.52. The summed E-state index contributed by atoms with van der Waals surface area (Å²) in [5.41, 5.74) is 2.14. The monoisotopic (exact) mass is 252 g/mol. The van der Waals surface area contributed by atoms with E-state index >= 15 is 0 Å². The molecule has 1 aromatic carbocycles. The van der Waals surface area contributed by atoms with Crippen LogP contribution in [-0.2, 0) is 0 Å². The first-order chi connectivity index (χ1) is 8.04. The smallest absolute Gasteiger partial charge is 0.187 e. The fourth-order valence-electron chi connectivity index (χ4n) is 1.48. The van der Waals surface area contributed by atoms with Crippen LogP contribution < -0.4 is 16.1 Å². The molecule has 0 aromatic heterocycles. The van der Waals surface area contributed by atoms with E-state index in [-0.39, 0.29) is 0 Å². The molecule has 0 saturated heterocycles. The van der Waals surface area contributed by atoms with Gasteiger partial charge in [-0.1, -0.05) is 6.92 Å². The SMILES string of the molecule is CCCN(C)c1ccc(NC(=S)N(C)N)cc1. The Hall–Kier alpha value is -1.33. The van der Waals surface area contributed by atoms with E-state index in [1.54, 1.807) is 7.05 Å². The predicted octanol–water partition coefficient (Wildman–Crippen LogP) is 2.04. The van der Waals surface area contributed by atoms with Crippen molar-refractivity contribution in [2.24, 2.45) is 5.84 Å². The molecular formula is C12H20N4S. The summed E-state index contributed by atoms with van der Waals surface area (Å²) in [5.74, 6) is 5.52. The second kappa shape index (κ2) is 6.42. The number of nitrogens with zero attached hydrogens (tertiary/aromatic N) is 2. The molecule has 3 N–H and O–H groups in total. The van der Waals surface area contributed by atoms with Crippen LogP contribution in [-0.4, -0.2) is 30.8 Å². The zero-order valence-electron chi connectivity index (χ0n) is 10.6. The minimum atomic E-state index is 0.500. The van der Waals surface area contributed by atoms with E-state index in [0.29, 0.717) is 5.11 Å². The number of hydrogen-bond donors (Lipinski definition) is 2. The van der Waals surface area contributed by atoms with Crippen molar-refractivity contribution in [2.45, 2.75) is 13.3 Å². The van der Waals surface area contributed by atoms with Gasteiger partial charge in [0, 0.05) is 32.0 Å². The van der Waals surface area contributed by atoms with Gasteiger partial charge < -0.3 is 10.2 Å². The summed E-state index contributed by atoms with van der Waals surface area (Å²) >= 11 is 5.07.